The number of hydrogen-bond acceptors (Lipinski definition) is 5. The minimum absolute atomic E-state index is 0.241. The maximum absolute atomic E-state index is 12.5. The molecule has 6 heteroatoms. The fraction of sp³-hybridized carbons (Fsp3) is 0.250. The van der Waals surface area contributed by atoms with Crippen molar-refractivity contribution in [2.75, 3.05) is 6.61 Å². The van der Waals surface area contributed by atoms with Crippen LogP contribution in [0, 0.1) is 5.82 Å². The first-order valence-electron chi connectivity index (χ1n) is 5.31. The highest BCUT2D eigenvalue weighted by Crippen LogP contribution is 2.07. The van der Waals surface area contributed by atoms with E-state index in [0.29, 0.717) is 25.4 Å². The summed E-state index contributed by atoms with van der Waals surface area (Å²) in [5.41, 5.74) is 0.950. The Morgan fingerprint density at radius 1 is 1.39 bits per heavy atom. The highest BCUT2D eigenvalue weighted by atomic mass is 19.1. The van der Waals surface area contributed by atoms with Crippen LogP contribution in [-0.2, 0) is 16.0 Å². The van der Waals surface area contributed by atoms with Crippen LogP contribution < -0.4 is 0 Å². The highest BCUT2D eigenvalue weighted by molar-refractivity contribution is 5.36. The molecule has 96 valence electrons. The normalized spacial score (nSPS) is 9.22. The van der Waals surface area contributed by atoms with Gasteiger partial charge in [0.1, 0.15) is 5.82 Å². The maximum atomic E-state index is 12.5. The Balaban J connectivity index is 0.000000280. The second-order valence-electron chi connectivity index (χ2n) is 3.19. The number of ether oxygens (including phenoxy) is 1. The highest BCUT2D eigenvalue weighted by Gasteiger charge is 2.00. The molecule has 2 aromatic rings. The fourth-order valence-electron chi connectivity index (χ4n) is 1.12. The number of rotatable bonds is 4. The molecule has 0 saturated heterocycles. The van der Waals surface area contributed by atoms with Gasteiger partial charge in [-0.05, 0) is 24.6 Å². The van der Waals surface area contributed by atoms with E-state index in [4.69, 9.17) is 4.42 Å². The molecule has 0 N–H and O–H groups in total. The molecule has 0 spiro atoms. The number of nitrogens with zero attached hydrogens (tertiary/aromatic N) is 2. The maximum Gasteiger partial charge on any atom is 0.293 e. The van der Waals surface area contributed by atoms with Gasteiger partial charge in [-0.3, -0.25) is 4.79 Å². The van der Waals surface area contributed by atoms with Gasteiger partial charge >= 0.3 is 0 Å². The monoisotopic (exact) mass is 252 g/mol. The van der Waals surface area contributed by atoms with Crippen LogP contribution in [0.2, 0.25) is 0 Å². The third-order valence-electron chi connectivity index (χ3n) is 1.91. The van der Waals surface area contributed by atoms with Crippen molar-refractivity contribution in [3.8, 4) is 0 Å². The first-order valence-corrected chi connectivity index (χ1v) is 5.31. The lowest BCUT2D eigenvalue weighted by Crippen LogP contribution is -1.88. The second kappa shape index (κ2) is 7.94. The second-order valence-corrected chi connectivity index (χ2v) is 3.19. The minimum Gasteiger partial charge on any atom is -0.468 e. The molecule has 5 nitrogen and oxygen atoms in total. The molecule has 1 aromatic heterocycles. The van der Waals surface area contributed by atoms with E-state index < -0.39 is 0 Å². The van der Waals surface area contributed by atoms with E-state index in [-0.39, 0.29) is 5.82 Å². The van der Waals surface area contributed by atoms with Crippen LogP contribution in [0.25, 0.3) is 0 Å². The summed E-state index contributed by atoms with van der Waals surface area (Å²) in [6.07, 6.45) is 1.82. The lowest BCUT2D eigenvalue weighted by molar-refractivity contribution is -0.128. The van der Waals surface area contributed by atoms with E-state index in [0.717, 1.165) is 5.56 Å². The number of halogens is 1. The van der Waals surface area contributed by atoms with Gasteiger partial charge in [-0.25, -0.2) is 4.39 Å². The molecule has 18 heavy (non-hydrogen) atoms. The van der Waals surface area contributed by atoms with Crippen molar-refractivity contribution in [3.05, 3.63) is 47.9 Å². The van der Waals surface area contributed by atoms with Gasteiger partial charge in [0.15, 0.2) is 0 Å². The Labute approximate surface area is 104 Å². The zero-order chi connectivity index (χ0) is 13.2. The summed E-state index contributed by atoms with van der Waals surface area (Å²) >= 11 is 0. The Kier molecular flexibility index (Phi) is 6.10. The summed E-state index contributed by atoms with van der Waals surface area (Å²) < 4.78 is 21.6. The molecule has 1 aromatic carbocycles. The van der Waals surface area contributed by atoms with Gasteiger partial charge in [0.05, 0.1) is 13.0 Å². The first kappa shape index (κ1) is 13.8. The van der Waals surface area contributed by atoms with Crippen molar-refractivity contribution in [1.82, 2.24) is 10.2 Å². The van der Waals surface area contributed by atoms with Crippen LogP contribution >= 0.6 is 0 Å². The average Bonchev–Trinajstić information content (AvgIpc) is 2.87. The number of aromatic nitrogens is 2. The van der Waals surface area contributed by atoms with Crippen molar-refractivity contribution in [2.24, 2.45) is 0 Å². The van der Waals surface area contributed by atoms with Crippen LogP contribution in [0.4, 0.5) is 4.39 Å². The Morgan fingerprint density at radius 3 is 2.56 bits per heavy atom. The fourth-order valence-corrected chi connectivity index (χ4v) is 1.12. The molecule has 0 aliphatic heterocycles. The first-order chi connectivity index (χ1) is 8.76. The lowest BCUT2D eigenvalue weighted by Gasteiger charge is -1.95. The van der Waals surface area contributed by atoms with Crippen molar-refractivity contribution >= 4 is 6.47 Å². The van der Waals surface area contributed by atoms with E-state index >= 15 is 0 Å². The zero-order valence-electron chi connectivity index (χ0n) is 9.88. The molecule has 0 bridgehead atoms. The molecule has 0 atom stereocenters. The van der Waals surface area contributed by atoms with E-state index in [1.807, 2.05) is 0 Å². The topological polar surface area (TPSA) is 65.2 Å². The summed E-state index contributed by atoms with van der Waals surface area (Å²) in [6, 6.07) is 6.20. The molecular formula is C12H13FN2O3. The van der Waals surface area contributed by atoms with E-state index in [1.54, 1.807) is 19.1 Å². The van der Waals surface area contributed by atoms with Gasteiger partial charge in [-0.1, -0.05) is 12.1 Å². The molecule has 0 aliphatic rings. The summed E-state index contributed by atoms with van der Waals surface area (Å²) in [4.78, 5) is 9.18. The Morgan fingerprint density at radius 2 is 2.11 bits per heavy atom. The SMILES string of the molecule is CCOC=O.Fc1ccc(Cc2nnco2)cc1. The molecule has 2 rings (SSSR count). The van der Waals surface area contributed by atoms with Crippen LogP contribution in [0.1, 0.15) is 18.4 Å². The zero-order valence-corrected chi connectivity index (χ0v) is 9.88. The number of hydrogen-bond donors (Lipinski definition) is 0. The minimum atomic E-state index is -0.241. The van der Waals surface area contributed by atoms with E-state index in [1.165, 1.54) is 18.5 Å². The van der Waals surface area contributed by atoms with Gasteiger partial charge in [0.2, 0.25) is 12.3 Å². The molecule has 0 saturated carbocycles. The van der Waals surface area contributed by atoms with Crippen molar-refractivity contribution in [2.45, 2.75) is 13.3 Å². The molecule has 0 aliphatic carbocycles. The number of carbonyl (C=O) groups excluding carboxylic acids is 1. The quantitative estimate of drug-likeness (QED) is 0.778. The molecule has 1 heterocycles. The van der Waals surface area contributed by atoms with Crippen LogP contribution in [-0.4, -0.2) is 23.3 Å². The summed E-state index contributed by atoms with van der Waals surface area (Å²) in [5.74, 6) is 0.292. The smallest absolute Gasteiger partial charge is 0.293 e. The molecule has 0 fully saturated rings. The van der Waals surface area contributed by atoms with Crippen LogP contribution in [0.5, 0.6) is 0 Å². The predicted molar refractivity (Wildman–Crippen MR) is 61.2 cm³/mol. The molecule has 0 unspecified atom stereocenters. The lowest BCUT2D eigenvalue weighted by atomic mass is 10.1. The van der Waals surface area contributed by atoms with Gasteiger partial charge in [-0.2, -0.15) is 0 Å². The largest absolute Gasteiger partial charge is 0.468 e. The van der Waals surface area contributed by atoms with Gasteiger partial charge in [0.25, 0.3) is 6.47 Å². The molecular weight excluding hydrogens is 239 g/mol. The standard InChI is InChI=1S/C9H7FN2O.C3H6O2/c10-8-3-1-7(2-4-8)5-9-12-11-6-13-9;1-2-5-3-4/h1-4,6H,5H2;3H,2H2,1H3. The number of benzene rings is 1. The van der Waals surface area contributed by atoms with E-state index in [9.17, 15) is 9.18 Å². The number of carbonyl (C=O) groups is 1. The third kappa shape index (κ3) is 5.20. The van der Waals surface area contributed by atoms with Crippen LogP contribution in [0.3, 0.4) is 0 Å². The molecule has 0 radical (unpaired) electrons. The Bertz CT molecular complexity index is 443. The van der Waals surface area contributed by atoms with Gasteiger partial charge in [0, 0.05) is 0 Å². The van der Waals surface area contributed by atoms with Gasteiger partial charge < -0.3 is 9.15 Å². The summed E-state index contributed by atoms with van der Waals surface area (Å²) in [5, 5.41) is 7.27. The average molecular weight is 252 g/mol. The van der Waals surface area contributed by atoms with Crippen molar-refractivity contribution in [1.29, 1.82) is 0 Å². The summed E-state index contributed by atoms with van der Waals surface area (Å²) in [6.45, 7) is 2.66. The molecule has 0 amide bonds. The Hall–Kier alpha value is -2.24. The van der Waals surface area contributed by atoms with Crippen LogP contribution in [0.15, 0.2) is 35.1 Å². The van der Waals surface area contributed by atoms with E-state index in [2.05, 4.69) is 14.9 Å². The van der Waals surface area contributed by atoms with Crippen molar-refractivity contribution in [3.63, 3.8) is 0 Å². The predicted octanol–water partition coefficient (Wildman–Crippen LogP) is 1.98. The van der Waals surface area contributed by atoms with Crippen molar-refractivity contribution < 1.29 is 18.3 Å². The summed E-state index contributed by atoms with van der Waals surface area (Å²) in [7, 11) is 0. The third-order valence-corrected chi connectivity index (χ3v) is 1.91. The van der Waals surface area contributed by atoms with Gasteiger partial charge in [-0.15, -0.1) is 10.2 Å².